The van der Waals surface area contributed by atoms with Crippen LogP contribution in [0.2, 0.25) is 5.02 Å². The highest BCUT2D eigenvalue weighted by molar-refractivity contribution is 6.35. The molecule has 1 amide bonds. The Morgan fingerprint density at radius 1 is 1.33 bits per heavy atom. The zero-order valence-electron chi connectivity index (χ0n) is 18.5. The van der Waals surface area contributed by atoms with Crippen LogP contribution in [-0.4, -0.2) is 57.5 Å². The van der Waals surface area contributed by atoms with Gasteiger partial charge in [0.25, 0.3) is 5.91 Å². The summed E-state index contributed by atoms with van der Waals surface area (Å²) in [5.74, 6) is 0.452. The number of amides is 1. The number of aromatic nitrogens is 4. The lowest BCUT2D eigenvalue weighted by Crippen LogP contribution is -2.39. The average molecular weight is 472 g/mol. The molecule has 0 aromatic carbocycles. The summed E-state index contributed by atoms with van der Waals surface area (Å²) in [6.07, 6.45) is 4.04. The standard InChI is InChI=1S/C23H27ClFN7O/c1-2-31-11-17(24)16-8-20(29-30-22(16)31)23(33)27-15-4-5-19-13(7-15)3-6-21(28-19)32-10-14(9-25)18(26)12-32/h3,6,8,11,14-15,18H,2,4-5,7,9-10,12,26H2,1H3,(H,27,33). The number of hydrogen-bond acceptors (Lipinski definition) is 6. The van der Waals surface area contributed by atoms with Crippen molar-refractivity contribution in [2.45, 2.75) is 44.8 Å². The van der Waals surface area contributed by atoms with Crippen LogP contribution in [0.4, 0.5) is 10.2 Å². The summed E-state index contributed by atoms with van der Waals surface area (Å²) in [5, 5.41) is 12.7. The van der Waals surface area contributed by atoms with E-state index in [4.69, 9.17) is 22.3 Å². The third-order valence-corrected chi connectivity index (χ3v) is 7.05. The average Bonchev–Trinajstić information content (AvgIpc) is 3.37. The molecule has 3 aromatic heterocycles. The molecule has 0 spiro atoms. The highest BCUT2D eigenvalue weighted by atomic mass is 35.5. The molecular formula is C23H27ClFN7O. The van der Waals surface area contributed by atoms with Crippen LogP contribution in [-0.2, 0) is 19.4 Å². The molecular weight excluding hydrogens is 445 g/mol. The maximum Gasteiger partial charge on any atom is 0.272 e. The van der Waals surface area contributed by atoms with Gasteiger partial charge in [0.1, 0.15) is 5.82 Å². The number of carbonyl (C=O) groups excluding carboxylic acids is 1. The van der Waals surface area contributed by atoms with Crippen molar-refractivity contribution in [1.82, 2.24) is 25.1 Å². The highest BCUT2D eigenvalue weighted by Gasteiger charge is 2.31. The summed E-state index contributed by atoms with van der Waals surface area (Å²) >= 11 is 6.31. The van der Waals surface area contributed by atoms with E-state index in [0.29, 0.717) is 30.2 Å². The van der Waals surface area contributed by atoms with E-state index in [2.05, 4.69) is 26.5 Å². The van der Waals surface area contributed by atoms with Gasteiger partial charge in [0.05, 0.1) is 11.7 Å². The zero-order chi connectivity index (χ0) is 23.1. The van der Waals surface area contributed by atoms with Crippen molar-refractivity contribution in [1.29, 1.82) is 0 Å². The number of nitrogens with one attached hydrogen (secondary N) is 1. The number of pyridine rings is 1. The Bertz CT molecular complexity index is 1200. The largest absolute Gasteiger partial charge is 0.355 e. The Kier molecular flexibility index (Phi) is 5.92. The number of nitrogens with zero attached hydrogens (tertiary/aromatic N) is 5. The van der Waals surface area contributed by atoms with Crippen LogP contribution in [0.5, 0.6) is 0 Å². The number of carbonyl (C=O) groups is 1. The molecule has 1 saturated heterocycles. The van der Waals surface area contributed by atoms with Gasteiger partial charge in [0.15, 0.2) is 11.3 Å². The minimum Gasteiger partial charge on any atom is -0.355 e. The van der Waals surface area contributed by atoms with E-state index < -0.39 is 6.67 Å². The van der Waals surface area contributed by atoms with Crippen molar-refractivity contribution in [2.75, 3.05) is 24.7 Å². The molecule has 0 radical (unpaired) electrons. The number of hydrogen-bond donors (Lipinski definition) is 2. The minimum atomic E-state index is -0.405. The van der Waals surface area contributed by atoms with Gasteiger partial charge < -0.3 is 20.5 Å². The Morgan fingerprint density at radius 2 is 2.18 bits per heavy atom. The highest BCUT2D eigenvalue weighted by Crippen LogP contribution is 2.27. The second-order valence-electron chi connectivity index (χ2n) is 8.90. The summed E-state index contributed by atoms with van der Waals surface area (Å²) in [6.45, 7) is 3.53. The first-order valence-corrected chi connectivity index (χ1v) is 11.7. The molecule has 10 heteroatoms. The molecule has 1 aliphatic carbocycles. The minimum absolute atomic E-state index is 0.0121. The molecule has 0 bridgehead atoms. The molecule has 2 aliphatic rings. The Balaban J connectivity index is 1.26. The third-order valence-electron chi connectivity index (χ3n) is 6.74. The van der Waals surface area contributed by atoms with Gasteiger partial charge in [0, 0.05) is 54.9 Å². The van der Waals surface area contributed by atoms with Crippen molar-refractivity contribution >= 4 is 34.4 Å². The van der Waals surface area contributed by atoms with Crippen LogP contribution < -0.4 is 16.0 Å². The fraction of sp³-hybridized carbons (Fsp3) is 0.478. The van der Waals surface area contributed by atoms with E-state index in [1.54, 1.807) is 12.3 Å². The lowest BCUT2D eigenvalue weighted by atomic mass is 9.91. The Labute approximate surface area is 196 Å². The van der Waals surface area contributed by atoms with E-state index in [1.165, 1.54) is 0 Å². The predicted molar refractivity (Wildman–Crippen MR) is 125 cm³/mol. The van der Waals surface area contributed by atoms with Crippen LogP contribution >= 0.6 is 11.6 Å². The first-order chi connectivity index (χ1) is 16.0. The summed E-state index contributed by atoms with van der Waals surface area (Å²) < 4.78 is 15.0. The zero-order valence-corrected chi connectivity index (χ0v) is 19.2. The topological polar surface area (TPSA) is 102 Å². The molecule has 4 heterocycles. The molecule has 1 aliphatic heterocycles. The maximum atomic E-state index is 13.1. The Morgan fingerprint density at radius 3 is 2.94 bits per heavy atom. The van der Waals surface area contributed by atoms with E-state index in [-0.39, 0.29) is 29.6 Å². The van der Waals surface area contributed by atoms with Crippen LogP contribution in [0.1, 0.15) is 35.1 Å². The number of nitrogens with two attached hydrogens (primary N) is 1. The predicted octanol–water partition coefficient (Wildman–Crippen LogP) is 2.52. The number of rotatable bonds is 5. The van der Waals surface area contributed by atoms with E-state index >= 15 is 0 Å². The monoisotopic (exact) mass is 471 g/mol. The summed E-state index contributed by atoms with van der Waals surface area (Å²) in [4.78, 5) is 19.7. The fourth-order valence-electron chi connectivity index (χ4n) is 4.80. The fourth-order valence-corrected chi connectivity index (χ4v) is 5.05. The molecule has 33 heavy (non-hydrogen) atoms. The van der Waals surface area contributed by atoms with Gasteiger partial charge in [0.2, 0.25) is 0 Å². The van der Waals surface area contributed by atoms with Gasteiger partial charge in [-0.2, -0.15) is 0 Å². The molecule has 1 fully saturated rings. The summed E-state index contributed by atoms with van der Waals surface area (Å²) in [6, 6.07) is 5.55. The lowest BCUT2D eigenvalue weighted by molar-refractivity contribution is 0.0927. The van der Waals surface area contributed by atoms with Gasteiger partial charge in [-0.15, -0.1) is 10.2 Å². The van der Waals surface area contributed by atoms with E-state index in [0.717, 1.165) is 41.8 Å². The van der Waals surface area contributed by atoms with Crippen molar-refractivity contribution in [2.24, 2.45) is 11.7 Å². The van der Waals surface area contributed by atoms with Crippen LogP contribution in [0.15, 0.2) is 24.4 Å². The molecule has 174 valence electrons. The van der Waals surface area contributed by atoms with Gasteiger partial charge in [-0.1, -0.05) is 17.7 Å². The number of anilines is 1. The normalized spacial score (nSPS) is 22.5. The van der Waals surface area contributed by atoms with Crippen molar-refractivity contribution in [3.8, 4) is 0 Å². The van der Waals surface area contributed by atoms with E-state index in [9.17, 15) is 9.18 Å². The third kappa shape index (κ3) is 4.15. The molecule has 3 unspecified atom stereocenters. The lowest BCUT2D eigenvalue weighted by Gasteiger charge is -2.26. The Hall–Kier alpha value is -2.78. The van der Waals surface area contributed by atoms with Gasteiger partial charge in [-0.25, -0.2) is 4.98 Å². The second kappa shape index (κ2) is 8.87. The number of alkyl halides is 1. The molecule has 3 atom stereocenters. The number of halogens is 2. The smallest absolute Gasteiger partial charge is 0.272 e. The first-order valence-electron chi connectivity index (χ1n) is 11.3. The van der Waals surface area contributed by atoms with Crippen LogP contribution in [0.25, 0.3) is 11.0 Å². The molecule has 0 saturated carbocycles. The second-order valence-corrected chi connectivity index (χ2v) is 9.31. The van der Waals surface area contributed by atoms with E-state index in [1.807, 2.05) is 17.6 Å². The molecule has 8 nitrogen and oxygen atoms in total. The van der Waals surface area contributed by atoms with Crippen molar-refractivity contribution in [3.05, 3.63) is 46.4 Å². The quantitative estimate of drug-likeness (QED) is 0.593. The van der Waals surface area contributed by atoms with Crippen LogP contribution in [0, 0.1) is 5.92 Å². The number of aryl methyl sites for hydroxylation is 2. The summed E-state index contributed by atoms with van der Waals surface area (Å²) in [5.41, 5.74) is 9.12. The van der Waals surface area contributed by atoms with Crippen LogP contribution in [0.3, 0.4) is 0 Å². The summed E-state index contributed by atoms with van der Waals surface area (Å²) in [7, 11) is 0. The van der Waals surface area contributed by atoms with Crippen molar-refractivity contribution < 1.29 is 9.18 Å². The van der Waals surface area contributed by atoms with Crippen molar-refractivity contribution in [3.63, 3.8) is 0 Å². The van der Waals surface area contributed by atoms with Gasteiger partial charge >= 0.3 is 0 Å². The first kappa shape index (κ1) is 22.0. The number of fused-ring (bicyclic) bond motifs is 2. The molecule has 3 aromatic rings. The molecule has 3 N–H and O–H groups in total. The van der Waals surface area contributed by atoms with Gasteiger partial charge in [-0.05, 0) is 43.9 Å². The maximum absolute atomic E-state index is 13.1. The molecule has 5 rings (SSSR count). The SMILES string of the molecule is CCn1cc(Cl)c2cc(C(=O)NC3CCc4nc(N5CC(N)C(CF)C5)ccc4C3)nnc21. The van der Waals surface area contributed by atoms with Gasteiger partial charge in [-0.3, -0.25) is 9.18 Å².